The molecule has 0 fully saturated rings. The summed E-state index contributed by atoms with van der Waals surface area (Å²) in [7, 11) is -4.37. The highest BCUT2D eigenvalue weighted by Crippen LogP contribution is 2.49. The molecule has 51 heavy (non-hydrogen) atoms. The van der Waals surface area contributed by atoms with E-state index in [1.807, 2.05) is 20.8 Å². The van der Waals surface area contributed by atoms with Gasteiger partial charge in [-0.2, -0.15) is 13.0 Å². The van der Waals surface area contributed by atoms with Gasteiger partial charge in [0.2, 0.25) is 5.69 Å². The summed E-state index contributed by atoms with van der Waals surface area (Å²) in [5.41, 5.74) is 5.30. The summed E-state index contributed by atoms with van der Waals surface area (Å²) < 4.78 is 42.4. The van der Waals surface area contributed by atoms with Crippen molar-refractivity contribution in [2.45, 2.75) is 96.3 Å². The van der Waals surface area contributed by atoms with Gasteiger partial charge in [-0.3, -0.25) is 9.35 Å². The second kappa shape index (κ2) is 14.8. The molecule has 5 rings (SSSR count). The Morgan fingerprint density at radius 2 is 1.61 bits per heavy atom. The van der Waals surface area contributed by atoms with E-state index in [2.05, 4.69) is 79.7 Å². The topological polar surface area (TPSA) is 107 Å². The van der Waals surface area contributed by atoms with E-state index >= 15 is 0 Å². The minimum absolute atomic E-state index is 0.113. The van der Waals surface area contributed by atoms with E-state index in [1.54, 1.807) is 36.4 Å². The number of hydrogen-bond donors (Lipinski definition) is 2. The van der Waals surface area contributed by atoms with Crippen LogP contribution in [0.3, 0.4) is 0 Å². The standard InChI is InChI=1S/C42H52N2O6S/c1-40(2,3)39(46)19-9-8-12-26-43-36-25-24-32(51(47,48)49)29-34(36)42(6,7)38(43)18-13-17-37-41(4,5)33-15-10-11-16-35(33)44(37)27-14-28-50-31-22-20-30(45)21-23-31/h10-11,13,15-18,20-25,29H,8-9,12,14,19,26-28H2,1-7H3,(H-,45,47,48,49)/p+1. The Morgan fingerprint density at radius 1 is 0.902 bits per heavy atom. The number of rotatable bonds is 14. The van der Waals surface area contributed by atoms with E-state index < -0.39 is 15.5 Å². The van der Waals surface area contributed by atoms with Crippen molar-refractivity contribution in [2.75, 3.05) is 24.6 Å². The maximum atomic E-state index is 12.5. The summed E-state index contributed by atoms with van der Waals surface area (Å²) in [5.74, 6) is 1.20. The van der Waals surface area contributed by atoms with Crippen molar-refractivity contribution in [3.05, 3.63) is 102 Å². The highest BCUT2D eigenvalue weighted by Gasteiger charge is 2.44. The molecule has 0 bridgehead atoms. The van der Waals surface area contributed by atoms with Crippen LogP contribution in [0.15, 0.2) is 95.6 Å². The minimum Gasteiger partial charge on any atom is -0.508 e. The van der Waals surface area contributed by atoms with Crippen molar-refractivity contribution in [2.24, 2.45) is 5.41 Å². The van der Waals surface area contributed by atoms with Crippen LogP contribution in [0.25, 0.3) is 0 Å². The molecule has 0 amide bonds. The van der Waals surface area contributed by atoms with Gasteiger partial charge in [0.15, 0.2) is 12.3 Å². The van der Waals surface area contributed by atoms with Gasteiger partial charge in [0.25, 0.3) is 10.1 Å². The number of carbonyl (C=O) groups excluding carboxylic acids is 1. The summed E-state index contributed by atoms with van der Waals surface area (Å²) in [6.45, 7) is 16.5. The second-order valence-electron chi connectivity index (χ2n) is 15.7. The molecule has 2 heterocycles. The molecule has 0 radical (unpaired) electrons. The Labute approximate surface area is 303 Å². The molecule has 3 aromatic carbocycles. The van der Waals surface area contributed by atoms with Gasteiger partial charge in [-0.05, 0) is 80.8 Å². The maximum absolute atomic E-state index is 12.5. The summed E-state index contributed by atoms with van der Waals surface area (Å²) >= 11 is 0. The predicted molar refractivity (Wildman–Crippen MR) is 204 cm³/mol. The fourth-order valence-electron chi connectivity index (χ4n) is 7.23. The lowest BCUT2D eigenvalue weighted by Crippen LogP contribution is -2.28. The monoisotopic (exact) mass is 713 g/mol. The van der Waals surface area contributed by atoms with Crippen LogP contribution in [0, 0.1) is 5.41 Å². The smallest absolute Gasteiger partial charge is 0.294 e. The molecule has 0 spiro atoms. The molecular weight excluding hydrogens is 661 g/mol. The van der Waals surface area contributed by atoms with Gasteiger partial charge in [-0.1, -0.05) is 65.3 Å². The predicted octanol–water partition coefficient (Wildman–Crippen LogP) is 8.90. The number of anilines is 1. The van der Waals surface area contributed by atoms with Crippen LogP contribution in [0.1, 0.15) is 91.7 Å². The molecule has 8 nitrogen and oxygen atoms in total. The van der Waals surface area contributed by atoms with E-state index in [4.69, 9.17) is 4.74 Å². The third kappa shape index (κ3) is 8.31. The van der Waals surface area contributed by atoms with Crippen molar-refractivity contribution in [1.29, 1.82) is 0 Å². The van der Waals surface area contributed by atoms with Gasteiger partial charge >= 0.3 is 0 Å². The third-order valence-corrected chi connectivity index (χ3v) is 11.1. The number of fused-ring (bicyclic) bond motifs is 2. The number of ketones is 1. The number of allylic oxidation sites excluding steroid dienone is 4. The molecule has 0 unspecified atom stereocenters. The number of nitrogens with zero attached hydrogens (tertiary/aromatic N) is 2. The Bertz CT molecular complexity index is 1960. The van der Waals surface area contributed by atoms with Crippen molar-refractivity contribution in [3.63, 3.8) is 0 Å². The Hall–Kier alpha value is -4.21. The molecule has 3 aromatic rings. The Kier molecular flexibility index (Phi) is 11.0. The van der Waals surface area contributed by atoms with E-state index in [0.29, 0.717) is 19.6 Å². The van der Waals surface area contributed by atoms with Crippen molar-refractivity contribution >= 4 is 33.0 Å². The quantitative estimate of drug-likeness (QED) is 0.0976. The molecule has 0 aliphatic carbocycles. The van der Waals surface area contributed by atoms with Crippen LogP contribution in [0.4, 0.5) is 11.4 Å². The van der Waals surface area contributed by atoms with Crippen molar-refractivity contribution in [3.8, 4) is 11.5 Å². The number of phenolic OH excluding ortho intramolecular Hbond substituents is 1. The maximum Gasteiger partial charge on any atom is 0.294 e. The van der Waals surface area contributed by atoms with Crippen LogP contribution in [0.5, 0.6) is 11.5 Å². The lowest BCUT2D eigenvalue weighted by Gasteiger charge is -2.27. The summed E-state index contributed by atoms with van der Waals surface area (Å²) in [6, 6.07) is 20.1. The molecule has 2 N–H and O–H groups in total. The number of aromatic hydroxyl groups is 1. The highest BCUT2D eigenvalue weighted by molar-refractivity contribution is 7.85. The minimum atomic E-state index is -4.37. The second-order valence-corrected chi connectivity index (χ2v) is 17.1. The first kappa shape index (κ1) is 38.0. The number of carbonyl (C=O) groups is 1. The zero-order valence-corrected chi connectivity index (χ0v) is 31.9. The number of phenols is 1. The molecule has 272 valence electrons. The first-order valence-corrected chi connectivity index (χ1v) is 19.3. The molecule has 2 aliphatic rings. The fourth-order valence-corrected chi connectivity index (χ4v) is 7.74. The van der Waals surface area contributed by atoms with Gasteiger partial charge in [-0.15, -0.1) is 0 Å². The molecular formula is C42H53N2O6S+. The molecule has 9 heteroatoms. The SMILES string of the molecule is CC(C)(C)C(=O)CCCCCN1/C(=C/C=C/C2=[N+](CCCOc3ccc(O)cc3)c3ccccc3C2(C)C)C(C)(C)c2cc(S(=O)(=O)O)ccc21. The zero-order valence-electron chi connectivity index (χ0n) is 31.1. The largest absolute Gasteiger partial charge is 0.508 e. The van der Waals surface area contributed by atoms with E-state index in [0.717, 1.165) is 54.9 Å². The number of Topliss-reactive ketones (excluding diaryl/α,β-unsaturated/α-hetero) is 1. The average molecular weight is 714 g/mol. The van der Waals surface area contributed by atoms with Crippen LogP contribution < -0.4 is 9.64 Å². The highest BCUT2D eigenvalue weighted by atomic mass is 32.2. The first-order valence-electron chi connectivity index (χ1n) is 17.9. The van der Waals surface area contributed by atoms with Gasteiger partial charge in [0.1, 0.15) is 17.3 Å². The van der Waals surface area contributed by atoms with Gasteiger partial charge in [0, 0.05) is 59.3 Å². The Morgan fingerprint density at radius 3 is 2.29 bits per heavy atom. The van der Waals surface area contributed by atoms with E-state index in [9.17, 15) is 22.9 Å². The number of ether oxygens (including phenoxy) is 1. The number of para-hydroxylation sites is 1. The van der Waals surface area contributed by atoms with Gasteiger partial charge < -0.3 is 14.7 Å². The van der Waals surface area contributed by atoms with Gasteiger partial charge in [0.05, 0.1) is 16.9 Å². The van der Waals surface area contributed by atoms with Crippen molar-refractivity contribution in [1.82, 2.24) is 0 Å². The summed E-state index contributed by atoms with van der Waals surface area (Å²) in [4.78, 5) is 14.6. The normalized spacial score (nSPS) is 17.3. The molecule has 2 aliphatic heterocycles. The van der Waals surface area contributed by atoms with Crippen LogP contribution in [-0.2, 0) is 25.7 Å². The fraction of sp³-hybridized carbons (Fsp3) is 0.429. The summed E-state index contributed by atoms with van der Waals surface area (Å²) in [6.07, 6.45) is 10.4. The molecule has 0 aromatic heterocycles. The van der Waals surface area contributed by atoms with E-state index in [1.165, 1.54) is 23.0 Å². The molecule has 0 saturated carbocycles. The third-order valence-electron chi connectivity index (χ3n) is 10.2. The van der Waals surface area contributed by atoms with E-state index in [-0.39, 0.29) is 27.3 Å². The molecule has 0 atom stereocenters. The first-order chi connectivity index (χ1) is 23.9. The lowest BCUT2D eigenvalue weighted by molar-refractivity contribution is -0.438. The van der Waals surface area contributed by atoms with Crippen molar-refractivity contribution < 1.29 is 32.2 Å². The van der Waals surface area contributed by atoms with Crippen LogP contribution in [0.2, 0.25) is 0 Å². The van der Waals surface area contributed by atoms with Crippen LogP contribution >= 0.6 is 0 Å². The van der Waals surface area contributed by atoms with Crippen LogP contribution in [-0.4, -0.2) is 53.8 Å². The Balaban J connectivity index is 1.42. The zero-order chi connectivity index (χ0) is 37.2. The number of unbranched alkanes of at least 4 members (excludes halogenated alkanes) is 2. The summed E-state index contributed by atoms with van der Waals surface area (Å²) in [5, 5.41) is 9.59. The average Bonchev–Trinajstić information content (AvgIpc) is 3.41. The number of benzene rings is 3. The number of hydrogen-bond acceptors (Lipinski definition) is 6. The lowest BCUT2D eigenvalue weighted by atomic mass is 9.81. The van der Waals surface area contributed by atoms with Gasteiger partial charge in [-0.25, -0.2) is 0 Å². The molecule has 0 saturated heterocycles.